The Morgan fingerprint density at radius 2 is 0.733 bits per heavy atom. The van der Waals surface area contributed by atoms with E-state index in [-0.39, 0.29) is 10.8 Å². The number of rotatable bonds is 17. The molecule has 8 rings (SSSR count). The van der Waals surface area contributed by atoms with Crippen LogP contribution >= 0.6 is 0 Å². The van der Waals surface area contributed by atoms with Gasteiger partial charge in [-0.15, -0.1) is 0 Å². The minimum absolute atomic E-state index is 0.0416. The molecule has 0 aliphatic rings. The number of nitrogens with one attached hydrogen (secondary N) is 8. The van der Waals surface area contributed by atoms with Crippen molar-refractivity contribution in [3.05, 3.63) is 108 Å². The third-order valence-corrected chi connectivity index (χ3v) is 12.1. The number of aryl methyl sites for hydroxylation is 2. The topological polar surface area (TPSA) is 126 Å². The average molecular weight is 803 g/mol. The van der Waals surface area contributed by atoms with Crippen LogP contribution in [0.5, 0.6) is 0 Å². The van der Waals surface area contributed by atoms with Gasteiger partial charge in [0.15, 0.2) is 0 Å². The summed E-state index contributed by atoms with van der Waals surface area (Å²) in [4.78, 5) is 30.2. The van der Waals surface area contributed by atoms with Gasteiger partial charge in [0.2, 0.25) is 0 Å². The van der Waals surface area contributed by atoms with Crippen molar-refractivity contribution in [1.82, 2.24) is 39.9 Å². The number of aromatic amines is 8. The van der Waals surface area contributed by atoms with Crippen LogP contribution in [0, 0.1) is 0 Å². The summed E-state index contributed by atoms with van der Waals surface area (Å²) < 4.78 is 0. The predicted octanol–water partition coefficient (Wildman–Crippen LogP) is 14.8. The van der Waals surface area contributed by atoms with E-state index in [0.29, 0.717) is 0 Å². The third kappa shape index (κ3) is 8.89. The highest BCUT2D eigenvalue weighted by Gasteiger charge is 2.26. The molecule has 0 bridgehead atoms. The van der Waals surface area contributed by atoms with Crippen molar-refractivity contribution in [2.24, 2.45) is 0 Å². The fourth-order valence-corrected chi connectivity index (χ4v) is 8.37. The Kier molecular flexibility index (Phi) is 11.7. The molecule has 0 radical (unpaired) electrons. The second kappa shape index (κ2) is 17.1. The van der Waals surface area contributed by atoms with Gasteiger partial charge < -0.3 is 39.9 Å². The van der Waals surface area contributed by atoms with Gasteiger partial charge in [-0.1, -0.05) is 93.9 Å². The van der Waals surface area contributed by atoms with Crippen molar-refractivity contribution >= 4 is 0 Å². The predicted molar refractivity (Wildman–Crippen MR) is 252 cm³/mol. The Bertz CT molecular complexity index is 2610. The zero-order chi connectivity index (χ0) is 42.0. The van der Waals surface area contributed by atoms with E-state index < -0.39 is 0 Å². The quantitative estimate of drug-likeness (QED) is 0.0418. The summed E-state index contributed by atoms with van der Waals surface area (Å²) in [5.41, 5.74) is 19.9. The molecule has 0 aromatic carbocycles. The monoisotopic (exact) mass is 803 g/mol. The average Bonchev–Trinajstić information content (AvgIpc) is 4.05. The molecule has 314 valence electrons. The Morgan fingerprint density at radius 3 is 1.23 bits per heavy atom. The highest BCUT2D eigenvalue weighted by molar-refractivity contribution is 5.91. The summed E-state index contributed by atoms with van der Waals surface area (Å²) >= 11 is 0. The van der Waals surface area contributed by atoms with Crippen LogP contribution in [0.3, 0.4) is 0 Å². The molecular weight excluding hydrogens is 737 g/mol. The zero-order valence-electron chi connectivity index (χ0n) is 37.2. The smallest absolute Gasteiger partial charge is 0.0726 e. The van der Waals surface area contributed by atoms with E-state index >= 15 is 0 Å². The van der Waals surface area contributed by atoms with Gasteiger partial charge in [0.05, 0.1) is 56.9 Å². The molecule has 8 heteroatoms. The molecule has 0 aliphatic heterocycles. The summed E-state index contributed by atoms with van der Waals surface area (Å²) in [5.74, 6) is 0. The summed E-state index contributed by atoms with van der Waals surface area (Å²) in [5, 5.41) is 0. The highest BCUT2D eigenvalue weighted by atomic mass is 14.9. The normalized spacial score (nSPS) is 12.3. The van der Waals surface area contributed by atoms with Crippen LogP contribution in [0.4, 0.5) is 0 Å². The van der Waals surface area contributed by atoms with Crippen molar-refractivity contribution < 1.29 is 0 Å². The molecule has 0 atom stereocenters. The van der Waals surface area contributed by atoms with Crippen molar-refractivity contribution in [1.29, 1.82) is 0 Å². The lowest BCUT2D eigenvalue weighted by Gasteiger charge is -2.16. The number of hydrogen-bond donors (Lipinski definition) is 8. The van der Waals surface area contributed by atoms with Gasteiger partial charge in [-0.3, -0.25) is 0 Å². The largest absolute Gasteiger partial charge is 0.357 e. The maximum Gasteiger partial charge on any atom is 0.0726 e. The van der Waals surface area contributed by atoms with Crippen LogP contribution in [0.15, 0.2) is 84.9 Å². The molecule has 8 aromatic heterocycles. The molecule has 0 unspecified atom stereocenters. The molecule has 8 aromatic rings. The number of aromatic nitrogens is 8. The van der Waals surface area contributed by atoms with E-state index in [1.807, 2.05) is 0 Å². The minimum atomic E-state index is -0.0953. The van der Waals surface area contributed by atoms with Gasteiger partial charge >= 0.3 is 0 Å². The molecule has 0 saturated heterocycles. The fourth-order valence-electron chi connectivity index (χ4n) is 8.37. The lowest BCUT2D eigenvalue weighted by Crippen LogP contribution is -2.11. The van der Waals surface area contributed by atoms with Crippen molar-refractivity contribution in [3.8, 4) is 79.5 Å². The first-order valence-electron chi connectivity index (χ1n) is 22.5. The number of hydrogen-bond acceptors (Lipinski definition) is 0. The molecule has 0 aliphatic carbocycles. The van der Waals surface area contributed by atoms with Gasteiger partial charge in [0, 0.05) is 56.1 Å². The van der Waals surface area contributed by atoms with Crippen molar-refractivity contribution in [2.75, 3.05) is 0 Å². The zero-order valence-corrected chi connectivity index (χ0v) is 37.2. The Morgan fingerprint density at radius 1 is 0.333 bits per heavy atom. The van der Waals surface area contributed by atoms with Crippen LogP contribution in [-0.2, 0) is 23.7 Å². The molecule has 0 spiro atoms. The van der Waals surface area contributed by atoms with Crippen LogP contribution in [-0.4, -0.2) is 39.9 Å². The van der Waals surface area contributed by atoms with Crippen LogP contribution < -0.4 is 0 Å². The minimum Gasteiger partial charge on any atom is -0.357 e. The summed E-state index contributed by atoms with van der Waals surface area (Å²) in [6.07, 6.45) is 12.2. The van der Waals surface area contributed by atoms with Crippen molar-refractivity contribution in [3.63, 3.8) is 0 Å². The van der Waals surface area contributed by atoms with E-state index in [0.717, 1.165) is 92.3 Å². The van der Waals surface area contributed by atoms with E-state index in [4.69, 9.17) is 0 Å². The van der Waals surface area contributed by atoms with Gasteiger partial charge in [-0.05, 0) is 111 Å². The first-order valence-corrected chi connectivity index (χ1v) is 22.5. The first-order chi connectivity index (χ1) is 28.9. The standard InChI is InChI=1S/C52H66N8/c1-9-11-13-15-17-33-19-21-39(53-33)41-25-23-37(55-41)35-31-46(45-28-27-43(57-45)44-29-30-47(58-44)51(3,4)5)59-49(35)50-36(32-48(60-50)52(6,7)8)38-24-26-42(56-38)40-22-20-34(54-40)18-16-14-12-10-2/h19-32,53-60H,9-18H2,1-8H3. The maximum atomic E-state index is 3.92. The number of H-pyrrole nitrogens is 8. The Hall–Kier alpha value is -5.76. The molecule has 0 fully saturated rings. The lowest BCUT2D eigenvalue weighted by atomic mass is 9.92. The van der Waals surface area contributed by atoms with Gasteiger partial charge in [0.1, 0.15) is 0 Å². The third-order valence-electron chi connectivity index (χ3n) is 12.1. The Balaban J connectivity index is 1.18. The number of unbranched alkanes of at least 4 members (excludes halogenated alkanes) is 6. The van der Waals surface area contributed by atoms with Crippen LogP contribution in [0.25, 0.3) is 79.5 Å². The van der Waals surface area contributed by atoms with Crippen molar-refractivity contribution in [2.45, 2.75) is 130 Å². The first kappa shape index (κ1) is 41.0. The maximum absolute atomic E-state index is 3.92. The molecule has 8 nitrogen and oxygen atoms in total. The van der Waals surface area contributed by atoms with E-state index in [9.17, 15) is 0 Å². The fraction of sp³-hybridized carbons (Fsp3) is 0.385. The second-order valence-electron chi connectivity index (χ2n) is 19.0. The van der Waals surface area contributed by atoms with Gasteiger partial charge in [0.25, 0.3) is 0 Å². The molecule has 60 heavy (non-hydrogen) atoms. The second-order valence-corrected chi connectivity index (χ2v) is 19.0. The lowest BCUT2D eigenvalue weighted by molar-refractivity contribution is 0.573. The molecule has 8 N–H and O–H groups in total. The van der Waals surface area contributed by atoms with E-state index in [1.54, 1.807) is 0 Å². The van der Waals surface area contributed by atoms with Gasteiger partial charge in [-0.2, -0.15) is 0 Å². The summed E-state index contributed by atoms with van der Waals surface area (Å²) in [7, 11) is 0. The summed E-state index contributed by atoms with van der Waals surface area (Å²) in [6.45, 7) is 18.1. The highest BCUT2D eigenvalue weighted by Crippen LogP contribution is 2.43. The van der Waals surface area contributed by atoms with E-state index in [1.165, 1.54) is 74.1 Å². The summed E-state index contributed by atoms with van der Waals surface area (Å²) in [6, 6.07) is 31.1. The van der Waals surface area contributed by atoms with Crippen LogP contribution in [0.2, 0.25) is 0 Å². The van der Waals surface area contributed by atoms with Gasteiger partial charge in [-0.25, -0.2) is 0 Å². The van der Waals surface area contributed by atoms with E-state index in [2.05, 4.69) is 180 Å². The molecule has 8 heterocycles. The molecule has 0 amide bonds. The Labute approximate surface area is 356 Å². The van der Waals surface area contributed by atoms with Crippen LogP contribution in [0.1, 0.15) is 130 Å². The SMILES string of the molecule is CCCCCCc1ccc(-c2ccc(-c3cc(-c4ccc(-c5ccc(C(C)(C)C)[nH]5)[nH]4)[nH]c3-c3[nH]c(C(C)(C)C)cc3-c3ccc(-c4ccc(CCCCCC)[nH]4)[nH]3)[nH]2)[nH]1. The molecule has 0 saturated carbocycles. The molecular formula is C52H66N8.